The largest absolute Gasteiger partial charge is 0.450 e. The first-order chi connectivity index (χ1) is 6.40. The second kappa shape index (κ2) is 5.89. The van der Waals surface area contributed by atoms with Crippen molar-refractivity contribution in [2.45, 2.75) is 41.0 Å². The van der Waals surface area contributed by atoms with E-state index >= 15 is 0 Å². The molecule has 3 heteroatoms. The van der Waals surface area contributed by atoms with Crippen LogP contribution in [0.2, 0.25) is 0 Å². The number of carbonyl (C=O) groups is 1. The van der Waals surface area contributed by atoms with E-state index in [1.165, 1.54) is 0 Å². The Kier molecular flexibility index (Phi) is 5.58. The Morgan fingerprint density at radius 1 is 1.29 bits per heavy atom. The second-order valence-electron chi connectivity index (χ2n) is 4.59. The summed E-state index contributed by atoms with van der Waals surface area (Å²) in [6, 6.07) is 0. The number of ether oxygens (including phenoxy) is 1. The maximum absolute atomic E-state index is 11.4. The normalized spacial score (nSPS) is 11.2. The molecule has 0 aliphatic rings. The minimum atomic E-state index is -0.195. The molecule has 0 unspecified atom stereocenters. The predicted molar refractivity (Wildman–Crippen MR) is 58.3 cm³/mol. The van der Waals surface area contributed by atoms with Crippen LogP contribution in [0.5, 0.6) is 0 Å². The average molecular weight is 201 g/mol. The van der Waals surface area contributed by atoms with Crippen LogP contribution in [0.25, 0.3) is 0 Å². The highest BCUT2D eigenvalue weighted by Gasteiger charge is 2.16. The van der Waals surface area contributed by atoms with Gasteiger partial charge in [-0.3, -0.25) is 0 Å². The molecule has 0 rings (SSSR count). The van der Waals surface area contributed by atoms with Crippen molar-refractivity contribution < 1.29 is 9.53 Å². The van der Waals surface area contributed by atoms with Gasteiger partial charge >= 0.3 is 6.09 Å². The lowest BCUT2D eigenvalue weighted by Crippen LogP contribution is -2.34. The highest BCUT2D eigenvalue weighted by Crippen LogP contribution is 2.18. The van der Waals surface area contributed by atoms with E-state index < -0.39 is 0 Å². The van der Waals surface area contributed by atoms with Crippen molar-refractivity contribution >= 4 is 6.09 Å². The van der Waals surface area contributed by atoms with Crippen LogP contribution in [0.1, 0.15) is 41.0 Å². The summed E-state index contributed by atoms with van der Waals surface area (Å²) in [5.74, 6) is 0. The molecular formula is C11H23NO2. The molecule has 3 nitrogen and oxygen atoms in total. The third-order valence-electron chi connectivity index (χ3n) is 2.04. The van der Waals surface area contributed by atoms with Crippen molar-refractivity contribution in [3.63, 3.8) is 0 Å². The first-order valence-electron chi connectivity index (χ1n) is 5.32. The number of carbonyl (C=O) groups excluding carboxylic acids is 1. The third-order valence-corrected chi connectivity index (χ3v) is 2.04. The molecule has 0 saturated carbocycles. The lowest BCUT2D eigenvalue weighted by atomic mass is 9.92. The number of rotatable bonds is 4. The average Bonchev–Trinajstić information content (AvgIpc) is 2.03. The van der Waals surface area contributed by atoms with Crippen molar-refractivity contribution in [2.24, 2.45) is 5.41 Å². The Bertz CT molecular complexity index is 173. The molecule has 0 heterocycles. The van der Waals surface area contributed by atoms with Gasteiger partial charge in [-0.25, -0.2) is 4.79 Å². The van der Waals surface area contributed by atoms with Gasteiger partial charge in [-0.05, 0) is 25.7 Å². The van der Waals surface area contributed by atoms with Crippen LogP contribution in [-0.4, -0.2) is 30.7 Å². The van der Waals surface area contributed by atoms with E-state index in [4.69, 9.17) is 4.74 Å². The lowest BCUT2D eigenvalue weighted by Gasteiger charge is -2.25. The van der Waals surface area contributed by atoms with Crippen LogP contribution >= 0.6 is 0 Å². The minimum absolute atomic E-state index is 0.195. The highest BCUT2D eigenvalue weighted by molar-refractivity contribution is 5.67. The zero-order valence-corrected chi connectivity index (χ0v) is 10.1. The first kappa shape index (κ1) is 13.3. The fraction of sp³-hybridized carbons (Fsp3) is 0.909. The Hall–Kier alpha value is -0.730. The fourth-order valence-corrected chi connectivity index (χ4v) is 1.06. The molecule has 1 amide bonds. The zero-order valence-electron chi connectivity index (χ0n) is 10.1. The van der Waals surface area contributed by atoms with E-state index in [1.807, 2.05) is 13.8 Å². The molecule has 0 radical (unpaired) electrons. The maximum atomic E-state index is 11.4. The Balaban J connectivity index is 3.97. The summed E-state index contributed by atoms with van der Waals surface area (Å²) >= 11 is 0. The predicted octanol–water partition coefficient (Wildman–Crippen LogP) is 2.90. The van der Waals surface area contributed by atoms with Crippen molar-refractivity contribution in [2.75, 3.05) is 19.7 Å². The molecule has 0 aromatic heterocycles. The maximum Gasteiger partial charge on any atom is 0.409 e. The molecule has 0 bridgehead atoms. The van der Waals surface area contributed by atoms with E-state index in [2.05, 4.69) is 20.8 Å². The first-order valence-corrected chi connectivity index (χ1v) is 5.32. The van der Waals surface area contributed by atoms with Crippen LogP contribution in [0.4, 0.5) is 4.79 Å². The summed E-state index contributed by atoms with van der Waals surface area (Å²) < 4.78 is 4.95. The van der Waals surface area contributed by atoms with Gasteiger partial charge in [0.1, 0.15) is 0 Å². The van der Waals surface area contributed by atoms with Crippen molar-refractivity contribution in [3.05, 3.63) is 0 Å². The smallest absolute Gasteiger partial charge is 0.409 e. The van der Waals surface area contributed by atoms with Crippen molar-refractivity contribution in [3.8, 4) is 0 Å². The summed E-state index contributed by atoms with van der Waals surface area (Å²) in [6.07, 6.45) is 0.805. The molecule has 0 atom stereocenters. The van der Waals surface area contributed by atoms with Crippen LogP contribution < -0.4 is 0 Å². The monoisotopic (exact) mass is 201 g/mol. The second-order valence-corrected chi connectivity index (χ2v) is 4.59. The number of hydrogen-bond acceptors (Lipinski definition) is 2. The van der Waals surface area contributed by atoms with Gasteiger partial charge < -0.3 is 9.64 Å². The fourth-order valence-electron chi connectivity index (χ4n) is 1.06. The molecule has 0 spiro atoms. The molecule has 0 saturated heterocycles. The van der Waals surface area contributed by atoms with E-state index in [1.54, 1.807) is 4.90 Å². The van der Waals surface area contributed by atoms with E-state index in [-0.39, 0.29) is 11.5 Å². The molecular weight excluding hydrogens is 178 g/mol. The van der Waals surface area contributed by atoms with Crippen LogP contribution in [-0.2, 0) is 4.74 Å². The topological polar surface area (TPSA) is 29.5 Å². The van der Waals surface area contributed by atoms with Crippen LogP contribution in [0, 0.1) is 5.41 Å². The standard InChI is InChI=1S/C11H23NO2/c1-6-12(10(13)14-7-2)9-8-11(3,4)5/h6-9H2,1-5H3. The molecule has 0 fully saturated rings. The van der Waals surface area contributed by atoms with Crippen LogP contribution in [0.3, 0.4) is 0 Å². The number of amides is 1. The Morgan fingerprint density at radius 2 is 1.86 bits per heavy atom. The summed E-state index contributed by atoms with van der Waals surface area (Å²) in [5, 5.41) is 0. The lowest BCUT2D eigenvalue weighted by molar-refractivity contribution is 0.105. The Labute approximate surface area is 87.4 Å². The van der Waals surface area contributed by atoms with Gasteiger partial charge in [-0.2, -0.15) is 0 Å². The van der Waals surface area contributed by atoms with E-state index in [9.17, 15) is 4.79 Å². The van der Waals surface area contributed by atoms with E-state index in [0.717, 1.165) is 19.5 Å². The van der Waals surface area contributed by atoms with Gasteiger partial charge in [0.2, 0.25) is 0 Å². The molecule has 0 aliphatic heterocycles. The molecule has 84 valence electrons. The SMILES string of the molecule is CCOC(=O)N(CC)CCC(C)(C)C. The van der Waals surface area contributed by atoms with Gasteiger partial charge in [0.25, 0.3) is 0 Å². The quantitative estimate of drug-likeness (QED) is 0.700. The number of nitrogens with zero attached hydrogens (tertiary/aromatic N) is 1. The summed E-state index contributed by atoms with van der Waals surface area (Å²) in [4.78, 5) is 13.1. The summed E-state index contributed by atoms with van der Waals surface area (Å²) in [5.41, 5.74) is 0.264. The summed E-state index contributed by atoms with van der Waals surface area (Å²) in [6.45, 7) is 12.3. The third kappa shape index (κ3) is 5.84. The molecule has 0 N–H and O–H groups in total. The van der Waals surface area contributed by atoms with Gasteiger partial charge in [0, 0.05) is 13.1 Å². The van der Waals surface area contributed by atoms with Crippen molar-refractivity contribution in [1.29, 1.82) is 0 Å². The van der Waals surface area contributed by atoms with Gasteiger partial charge in [0.15, 0.2) is 0 Å². The summed E-state index contributed by atoms with van der Waals surface area (Å²) in [7, 11) is 0. The highest BCUT2D eigenvalue weighted by atomic mass is 16.6. The van der Waals surface area contributed by atoms with Gasteiger partial charge in [0.05, 0.1) is 6.61 Å². The van der Waals surface area contributed by atoms with Crippen LogP contribution in [0.15, 0.2) is 0 Å². The minimum Gasteiger partial charge on any atom is -0.450 e. The molecule has 0 aliphatic carbocycles. The van der Waals surface area contributed by atoms with Gasteiger partial charge in [-0.1, -0.05) is 20.8 Å². The molecule has 0 aromatic rings. The zero-order chi connectivity index (χ0) is 11.2. The van der Waals surface area contributed by atoms with Gasteiger partial charge in [-0.15, -0.1) is 0 Å². The Morgan fingerprint density at radius 3 is 2.21 bits per heavy atom. The van der Waals surface area contributed by atoms with E-state index in [0.29, 0.717) is 6.61 Å². The molecule has 14 heavy (non-hydrogen) atoms. The number of hydrogen-bond donors (Lipinski definition) is 0. The van der Waals surface area contributed by atoms with Crippen molar-refractivity contribution in [1.82, 2.24) is 4.90 Å². The molecule has 0 aromatic carbocycles.